The Kier molecular flexibility index (Phi) is 5.63. The summed E-state index contributed by atoms with van der Waals surface area (Å²) in [6.45, 7) is 1.66. The summed E-state index contributed by atoms with van der Waals surface area (Å²) in [5, 5.41) is 5.54. The maximum atomic E-state index is 5.08. The van der Waals surface area contributed by atoms with E-state index in [0.29, 0.717) is 0 Å². The monoisotopic (exact) mass is 276 g/mol. The summed E-state index contributed by atoms with van der Waals surface area (Å²) in [5.41, 5.74) is 2.33. The minimum absolute atomic E-state index is 0.807. The molecule has 19 heavy (non-hydrogen) atoms. The Morgan fingerprint density at radius 1 is 1.32 bits per heavy atom. The fraction of sp³-hybridized carbons (Fsp3) is 0.400. The highest BCUT2D eigenvalue weighted by molar-refractivity contribution is 7.99. The van der Waals surface area contributed by atoms with Crippen LogP contribution in [-0.2, 0) is 11.3 Å². The van der Waals surface area contributed by atoms with Crippen LogP contribution in [0.3, 0.4) is 0 Å². The number of nitrogens with zero attached hydrogens (tertiary/aromatic N) is 1. The summed E-state index contributed by atoms with van der Waals surface area (Å²) in [5.74, 6) is 1.04. The van der Waals surface area contributed by atoms with Gasteiger partial charge in [-0.2, -0.15) is 0 Å². The molecule has 2 aromatic rings. The smallest absolute Gasteiger partial charge is 0.101 e. The van der Waals surface area contributed by atoms with Crippen molar-refractivity contribution < 1.29 is 4.74 Å². The molecule has 0 amide bonds. The van der Waals surface area contributed by atoms with E-state index in [0.717, 1.165) is 35.9 Å². The van der Waals surface area contributed by atoms with Gasteiger partial charge in [0.25, 0.3) is 0 Å². The second kappa shape index (κ2) is 7.48. The van der Waals surface area contributed by atoms with Gasteiger partial charge in [-0.1, -0.05) is 18.2 Å². The molecule has 0 aliphatic carbocycles. The Labute approximate surface area is 118 Å². The third kappa shape index (κ3) is 3.93. The Bertz CT molecular complexity index is 531. The van der Waals surface area contributed by atoms with Gasteiger partial charge < -0.3 is 10.1 Å². The van der Waals surface area contributed by atoms with Crippen molar-refractivity contribution >= 4 is 22.7 Å². The molecule has 0 radical (unpaired) electrons. The fourth-order valence-corrected chi connectivity index (χ4v) is 2.89. The number of methoxy groups -OCH3 is 1. The van der Waals surface area contributed by atoms with E-state index in [4.69, 9.17) is 9.72 Å². The largest absolute Gasteiger partial charge is 0.385 e. The van der Waals surface area contributed by atoms with Crippen molar-refractivity contribution in [3.8, 4) is 0 Å². The van der Waals surface area contributed by atoms with Gasteiger partial charge >= 0.3 is 0 Å². The average Bonchev–Trinajstić information content (AvgIpc) is 2.44. The first-order valence-corrected chi connectivity index (χ1v) is 7.48. The first-order valence-electron chi connectivity index (χ1n) is 6.50. The zero-order chi connectivity index (χ0) is 13.5. The number of hydrogen-bond acceptors (Lipinski definition) is 4. The molecule has 1 heterocycles. The van der Waals surface area contributed by atoms with Crippen LogP contribution in [0.25, 0.3) is 10.9 Å². The van der Waals surface area contributed by atoms with Crippen molar-refractivity contribution in [2.45, 2.75) is 18.0 Å². The molecular formula is C15H20N2OS. The maximum absolute atomic E-state index is 5.08. The van der Waals surface area contributed by atoms with Crippen molar-refractivity contribution in [3.63, 3.8) is 0 Å². The number of thioether (sulfide) groups is 1. The Hall–Kier alpha value is -1.10. The molecule has 0 bridgehead atoms. The van der Waals surface area contributed by atoms with Crippen LogP contribution in [0.5, 0.6) is 0 Å². The van der Waals surface area contributed by atoms with Crippen molar-refractivity contribution in [1.82, 2.24) is 10.3 Å². The number of aromatic nitrogens is 1. The first kappa shape index (κ1) is 14.3. The molecule has 0 aliphatic heterocycles. The lowest BCUT2D eigenvalue weighted by molar-refractivity contribution is 0.200. The Morgan fingerprint density at radius 3 is 2.95 bits per heavy atom. The number of fused-ring (bicyclic) bond motifs is 1. The van der Waals surface area contributed by atoms with Gasteiger partial charge in [0.1, 0.15) is 5.03 Å². The minimum atomic E-state index is 0.807. The molecule has 0 saturated carbocycles. The van der Waals surface area contributed by atoms with Crippen molar-refractivity contribution in [1.29, 1.82) is 0 Å². The molecule has 4 heteroatoms. The zero-order valence-electron chi connectivity index (χ0n) is 11.5. The second-order valence-electron chi connectivity index (χ2n) is 4.37. The Balaban J connectivity index is 2.20. The van der Waals surface area contributed by atoms with Crippen LogP contribution in [0.4, 0.5) is 0 Å². The van der Waals surface area contributed by atoms with Crippen LogP contribution in [0, 0.1) is 0 Å². The summed E-state index contributed by atoms with van der Waals surface area (Å²) in [6, 6.07) is 10.5. The molecular weight excluding hydrogens is 256 g/mol. The van der Waals surface area contributed by atoms with Crippen LogP contribution in [0.2, 0.25) is 0 Å². The normalized spacial score (nSPS) is 11.1. The van der Waals surface area contributed by atoms with E-state index >= 15 is 0 Å². The second-order valence-corrected chi connectivity index (χ2v) is 5.45. The quantitative estimate of drug-likeness (QED) is 0.622. The molecule has 1 N–H and O–H groups in total. The van der Waals surface area contributed by atoms with E-state index in [2.05, 4.69) is 29.6 Å². The number of rotatable bonds is 7. The molecule has 1 aromatic carbocycles. The number of hydrogen-bond donors (Lipinski definition) is 1. The van der Waals surface area contributed by atoms with E-state index in [1.165, 1.54) is 10.9 Å². The summed E-state index contributed by atoms with van der Waals surface area (Å²) < 4.78 is 5.08. The third-order valence-electron chi connectivity index (χ3n) is 2.86. The molecule has 1 aromatic heterocycles. The average molecular weight is 276 g/mol. The molecule has 0 unspecified atom stereocenters. The van der Waals surface area contributed by atoms with Gasteiger partial charge in [-0.15, -0.1) is 11.8 Å². The van der Waals surface area contributed by atoms with Gasteiger partial charge in [0.15, 0.2) is 0 Å². The molecule has 0 fully saturated rings. The number of benzene rings is 1. The summed E-state index contributed by atoms with van der Waals surface area (Å²) >= 11 is 1.81. The van der Waals surface area contributed by atoms with Gasteiger partial charge in [0.2, 0.25) is 0 Å². The van der Waals surface area contributed by atoms with Crippen molar-refractivity contribution in [2.75, 3.05) is 26.5 Å². The lowest BCUT2D eigenvalue weighted by atomic mass is 10.1. The van der Waals surface area contributed by atoms with E-state index in [1.807, 2.05) is 24.9 Å². The van der Waals surface area contributed by atoms with E-state index in [1.54, 1.807) is 7.11 Å². The number of ether oxygens (including phenoxy) is 1. The highest BCUT2D eigenvalue weighted by atomic mass is 32.2. The predicted molar refractivity (Wildman–Crippen MR) is 81.7 cm³/mol. The van der Waals surface area contributed by atoms with Gasteiger partial charge in [-0.05, 0) is 31.2 Å². The standard InChI is InChI=1S/C15H20N2OS/c1-16-11-13-10-12-6-3-4-7-14(12)17-15(13)19-9-5-8-18-2/h3-4,6-7,10,16H,5,8-9,11H2,1-2H3. The molecule has 102 valence electrons. The SMILES string of the molecule is CNCc1cc2ccccc2nc1SCCCOC. The molecule has 0 atom stereocenters. The van der Waals surface area contributed by atoms with E-state index in [9.17, 15) is 0 Å². The van der Waals surface area contributed by atoms with Gasteiger partial charge in [-0.3, -0.25) is 0 Å². The highest BCUT2D eigenvalue weighted by Gasteiger charge is 2.06. The van der Waals surface area contributed by atoms with Crippen LogP contribution in [-0.4, -0.2) is 31.5 Å². The van der Waals surface area contributed by atoms with Crippen LogP contribution in [0.1, 0.15) is 12.0 Å². The third-order valence-corrected chi connectivity index (χ3v) is 3.98. The first-order chi connectivity index (χ1) is 9.35. The molecule has 3 nitrogen and oxygen atoms in total. The topological polar surface area (TPSA) is 34.2 Å². The van der Waals surface area contributed by atoms with Crippen molar-refractivity contribution in [3.05, 3.63) is 35.9 Å². The highest BCUT2D eigenvalue weighted by Crippen LogP contribution is 2.25. The number of para-hydroxylation sites is 1. The zero-order valence-corrected chi connectivity index (χ0v) is 12.3. The van der Waals surface area contributed by atoms with E-state index < -0.39 is 0 Å². The van der Waals surface area contributed by atoms with Gasteiger partial charge in [0, 0.05) is 31.4 Å². The van der Waals surface area contributed by atoms with Crippen molar-refractivity contribution in [2.24, 2.45) is 0 Å². The number of nitrogens with one attached hydrogen (secondary N) is 1. The lowest BCUT2D eigenvalue weighted by Gasteiger charge is -2.10. The van der Waals surface area contributed by atoms with Crippen LogP contribution < -0.4 is 5.32 Å². The maximum Gasteiger partial charge on any atom is 0.101 e. The van der Waals surface area contributed by atoms with Crippen LogP contribution >= 0.6 is 11.8 Å². The summed E-state index contributed by atoms with van der Waals surface area (Å²) in [4.78, 5) is 4.77. The molecule has 0 saturated heterocycles. The van der Waals surface area contributed by atoms with Gasteiger partial charge in [-0.25, -0.2) is 4.98 Å². The van der Waals surface area contributed by atoms with Crippen LogP contribution in [0.15, 0.2) is 35.4 Å². The lowest BCUT2D eigenvalue weighted by Crippen LogP contribution is -2.07. The van der Waals surface area contributed by atoms with Gasteiger partial charge in [0.05, 0.1) is 5.52 Å². The van der Waals surface area contributed by atoms with E-state index in [-0.39, 0.29) is 0 Å². The number of pyridine rings is 1. The fourth-order valence-electron chi connectivity index (χ4n) is 1.96. The summed E-state index contributed by atoms with van der Waals surface area (Å²) in [6.07, 6.45) is 1.05. The summed E-state index contributed by atoms with van der Waals surface area (Å²) in [7, 11) is 3.71. The Morgan fingerprint density at radius 2 is 2.16 bits per heavy atom. The molecule has 0 aliphatic rings. The molecule has 2 rings (SSSR count). The predicted octanol–water partition coefficient (Wildman–Crippen LogP) is 3.08. The minimum Gasteiger partial charge on any atom is -0.385 e. The molecule has 0 spiro atoms.